The van der Waals surface area contributed by atoms with Crippen LogP contribution in [0.5, 0.6) is 0 Å². The summed E-state index contributed by atoms with van der Waals surface area (Å²) in [7, 11) is 0. The molecule has 0 heteroatoms. The van der Waals surface area contributed by atoms with E-state index in [0.29, 0.717) is 0 Å². The molecule has 0 nitrogen and oxygen atoms in total. The van der Waals surface area contributed by atoms with Crippen LogP contribution < -0.4 is 0 Å². The minimum absolute atomic E-state index is 0.0574. The Hall–Kier alpha value is -1.56. The van der Waals surface area contributed by atoms with Gasteiger partial charge in [-0.1, -0.05) is 77.3 Å². The van der Waals surface area contributed by atoms with Crippen LogP contribution in [0.15, 0.2) is 55.1 Å². The highest BCUT2D eigenvalue weighted by Gasteiger charge is 2.34. The number of fused-ring (bicyclic) bond motifs is 1. The van der Waals surface area contributed by atoms with Gasteiger partial charge in [-0.25, -0.2) is 0 Å². The van der Waals surface area contributed by atoms with Gasteiger partial charge in [0, 0.05) is 5.41 Å². The van der Waals surface area contributed by atoms with Crippen LogP contribution in [0.3, 0.4) is 0 Å². The number of rotatable bonds is 2. The molecule has 0 radical (unpaired) electrons. The number of allylic oxidation sites excluding steroid dienone is 4. The van der Waals surface area contributed by atoms with Crippen molar-refractivity contribution in [1.29, 1.82) is 0 Å². The molecule has 90 valence electrons. The highest BCUT2D eigenvalue weighted by Crippen LogP contribution is 2.46. The molecule has 0 heterocycles. The zero-order valence-electron chi connectivity index (χ0n) is 11.4. The molecular formula is C17H22. The van der Waals surface area contributed by atoms with Gasteiger partial charge in [0.2, 0.25) is 0 Å². The predicted molar refractivity (Wildman–Crippen MR) is 78.1 cm³/mol. The summed E-state index contributed by atoms with van der Waals surface area (Å²) in [5.74, 6) is 0. The molecule has 17 heavy (non-hydrogen) atoms. The molecule has 0 bridgehead atoms. The molecule has 1 aliphatic rings. The van der Waals surface area contributed by atoms with Gasteiger partial charge in [0.1, 0.15) is 0 Å². The highest BCUT2D eigenvalue weighted by atomic mass is 14.4. The van der Waals surface area contributed by atoms with Gasteiger partial charge in [-0.05, 0) is 22.3 Å². The van der Waals surface area contributed by atoms with Gasteiger partial charge < -0.3 is 0 Å². The summed E-state index contributed by atoms with van der Waals surface area (Å²) in [6.45, 7) is 16.3. The fraction of sp³-hybridized carbons (Fsp3) is 0.294. The molecule has 0 aliphatic heterocycles. The maximum atomic E-state index is 3.91. The summed E-state index contributed by atoms with van der Waals surface area (Å²) in [5, 5.41) is 0. The van der Waals surface area contributed by atoms with E-state index in [0.717, 1.165) is 0 Å². The molecule has 0 amide bonds. The lowest BCUT2D eigenvalue weighted by molar-refractivity contribution is 0.654. The van der Waals surface area contributed by atoms with Crippen molar-refractivity contribution in [2.75, 3.05) is 0 Å². The van der Waals surface area contributed by atoms with Gasteiger partial charge in [-0.3, -0.25) is 0 Å². The predicted octanol–water partition coefficient (Wildman–Crippen LogP) is 5.13. The molecule has 0 unspecified atom stereocenters. The minimum Gasteiger partial charge on any atom is -0.0987 e. The lowest BCUT2D eigenvalue weighted by Crippen LogP contribution is -2.15. The Morgan fingerprint density at radius 3 is 2.12 bits per heavy atom. The topological polar surface area (TPSA) is 0 Å². The molecule has 1 aromatic carbocycles. The van der Waals surface area contributed by atoms with E-state index >= 15 is 0 Å². The van der Waals surface area contributed by atoms with Crippen LogP contribution in [-0.2, 0) is 5.41 Å². The third-order valence-corrected chi connectivity index (χ3v) is 3.26. The van der Waals surface area contributed by atoms with E-state index in [9.17, 15) is 0 Å². The molecule has 0 saturated heterocycles. The first-order chi connectivity index (χ1) is 8.12. The van der Waals surface area contributed by atoms with Crippen molar-refractivity contribution < 1.29 is 0 Å². The lowest BCUT2D eigenvalue weighted by atomic mass is 9.81. The van der Waals surface area contributed by atoms with E-state index in [4.69, 9.17) is 0 Å². The molecule has 0 fully saturated rings. The second-order valence-corrected chi connectivity index (χ2v) is 4.41. The van der Waals surface area contributed by atoms with E-state index < -0.39 is 0 Å². The first kappa shape index (κ1) is 13.5. The standard InChI is InChI=1S/C15H16.C2H6/c1-5-11-12-9-7-8-10-14(12)15(3,4)13(11)6-2;1-2/h5-10H,1-2H2,3-4H3;1-2H3. The van der Waals surface area contributed by atoms with Crippen LogP contribution in [0, 0.1) is 0 Å². The van der Waals surface area contributed by atoms with Gasteiger partial charge in [0.25, 0.3) is 0 Å². The summed E-state index contributed by atoms with van der Waals surface area (Å²) in [6.07, 6.45) is 3.89. The lowest BCUT2D eigenvalue weighted by Gasteiger charge is -2.22. The minimum atomic E-state index is 0.0574. The van der Waals surface area contributed by atoms with E-state index in [1.54, 1.807) is 0 Å². The summed E-state index contributed by atoms with van der Waals surface area (Å²) >= 11 is 0. The summed E-state index contributed by atoms with van der Waals surface area (Å²) in [4.78, 5) is 0. The third-order valence-electron chi connectivity index (χ3n) is 3.26. The van der Waals surface area contributed by atoms with Crippen LogP contribution in [0.1, 0.15) is 38.8 Å². The largest absolute Gasteiger partial charge is 0.0987 e. The number of hydrogen-bond acceptors (Lipinski definition) is 0. The van der Waals surface area contributed by atoms with E-state index in [1.807, 2.05) is 26.0 Å². The Labute approximate surface area is 105 Å². The summed E-state index contributed by atoms with van der Waals surface area (Å²) in [5.41, 5.74) is 5.23. The van der Waals surface area contributed by atoms with Gasteiger partial charge in [-0.2, -0.15) is 0 Å². The van der Waals surface area contributed by atoms with Crippen LogP contribution in [0.2, 0.25) is 0 Å². The fourth-order valence-electron chi connectivity index (χ4n) is 2.47. The average molecular weight is 226 g/mol. The monoisotopic (exact) mass is 226 g/mol. The third kappa shape index (κ3) is 2.00. The molecule has 0 spiro atoms. The van der Waals surface area contributed by atoms with Crippen molar-refractivity contribution in [2.24, 2.45) is 0 Å². The van der Waals surface area contributed by atoms with E-state index in [-0.39, 0.29) is 5.41 Å². The Kier molecular flexibility index (Phi) is 4.11. The molecule has 0 saturated carbocycles. The molecule has 2 rings (SSSR count). The van der Waals surface area contributed by atoms with Gasteiger partial charge >= 0.3 is 0 Å². The van der Waals surface area contributed by atoms with Crippen molar-refractivity contribution in [2.45, 2.75) is 33.1 Å². The van der Waals surface area contributed by atoms with Gasteiger partial charge in [0.15, 0.2) is 0 Å². The first-order valence-corrected chi connectivity index (χ1v) is 6.22. The van der Waals surface area contributed by atoms with Gasteiger partial charge in [-0.15, -0.1) is 0 Å². The van der Waals surface area contributed by atoms with Crippen molar-refractivity contribution in [3.05, 3.63) is 66.3 Å². The zero-order chi connectivity index (χ0) is 13.1. The van der Waals surface area contributed by atoms with Crippen molar-refractivity contribution >= 4 is 5.57 Å². The second-order valence-electron chi connectivity index (χ2n) is 4.41. The summed E-state index contributed by atoms with van der Waals surface area (Å²) in [6, 6.07) is 8.51. The van der Waals surface area contributed by atoms with Crippen LogP contribution in [0.4, 0.5) is 0 Å². The Balaban J connectivity index is 0.000000686. The van der Waals surface area contributed by atoms with Crippen LogP contribution in [-0.4, -0.2) is 0 Å². The Morgan fingerprint density at radius 2 is 1.59 bits per heavy atom. The van der Waals surface area contributed by atoms with Crippen LogP contribution >= 0.6 is 0 Å². The first-order valence-electron chi connectivity index (χ1n) is 6.22. The van der Waals surface area contributed by atoms with Crippen molar-refractivity contribution in [3.63, 3.8) is 0 Å². The smallest absolute Gasteiger partial charge is 0.0158 e. The summed E-state index contributed by atoms with van der Waals surface area (Å²) < 4.78 is 0. The van der Waals surface area contributed by atoms with Crippen LogP contribution in [0.25, 0.3) is 5.57 Å². The van der Waals surface area contributed by atoms with Gasteiger partial charge in [0.05, 0.1) is 0 Å². The fourth-order valence-corrected chi connectivity index (χ4v) is 2.47. The number of benzene rings is 1. The normalized spacial score (nSPS) is 15.8. The van der Waals surface area contributed by atoms with Crippen molar-refractivity contribution in [1.82, 2.24) is 0 Å². The molecule has 0 aromatic heterocycles. The maximum Gasteiger partial charge on any atom is 0.0158 e. The highest BCUT2D eigenvalue weighted by molar-refractivity contribution is 5.87. The van der Waals surface area contributed by atoms with Crippen molar-refractivity contribution in [3.8, 4) is 0 Å². The average Bonchev–Trinajstić information content (AvgIpc) is 2.59. The molecule has 1 aromatic rings. The second kappa shape index (κ2) is 5.18. The molecule has 0 N–H and O–H groups in total. The molecule has 0 atom stereocenters. The quantitative estimate of drug-likeness (QED) is 0.656. The molecular weight excluding hydrogens is 204 g/mol. The van der Waals surface area contributed by atoms with E-state index in [1.165, 1.54) is 22.3 Å². The Morgan fingerprint density at radius 1 is 1.00 bits per heavy atom. The van der Waals surface area contributed by atoms with E-state index in [2.05, 4.69) is 51.3 Å². The number of hydrogen-bond donors (Lipinski definition) is 0. The SMILES string of the molecule is C=CC1=C(C=C)C(C)(C)c2ccccc21.CC. The Bertz CT molecular complexity index is 459. The zero-order valence-corrected chi connectivity index (χ0v) is 11.4. The molecule has 1 aliphatic carbocycles. The maximum absolute atomic E-state index is 3.91.